The van der Waals surface area contributed by atoms with Gasteiger partial charge in [0.2, 0.25) is 0 Å². The molecule has 1 aliphatic heterocycles. The minimum Gasteiger partial charge on any atom is -0.379 e. The molecule has 7 nitrogen and oxygen atoms in total. The Kier molecular flexibility index (Phi) is 11.4. The fraction of sp³-hybridized carbons (Fsp3) is 0.714. The third-order valence-corrected chi connectivity index (χ3v) is 4.56. The number of unbranched alkanes of at least 4 members (excludes halogenated alkanes) is 1. The number of guanidine groups is 1. The summed E-state index contributed by atoms with van der Waals surface area (Å²) in [6, 6.07) is 4.22. The van der Waals surface area contributed by atoms with Crippen molar-refractivity contribution >= 4 is 11.8 Å². The Morgan fingerprint density at radius 2 is 1.86 bits per heavy atom. The van der Waals surface area contributed by atoms with Crippen LogP contribution in [0, 0.1) is 0 Å². The molecule has 0 amide bonds. The highest BCUT2D eigenvalue weighted by Gasteiger charge is 2.12. The van der Waals surface area contributed by atoms with Crippen molar-refractivity contribution in [2.45, 2.75) is 46.1 Å². The molecular formula is C21H37N5O2. The lowest BCUT2D eigenvalue weighted by Crippen LogP contribution is -2.39. The lowest BCUT2D eigenvalue weighted by atomic mass is 10.3. The number of nitrogens with one attached hydrogen (secondary N) is 2. The first kappa shape index (κ1) is 22.4. The molecule has 1 saturated heterocycles. The molecule has 1 aromatic rings. The van der Waals surface area contributed by atoms with Crippen LogP contribution in [0.15, 0.2) is 23.3 Å². The molecule has 7 heteroatoms. The third kappa shape index (κ3) is 8.89. The van der Waals surface area contributed by atoms with Gasteiger partial charge in [-0.25, -0.2) is 9.98 Å². The van der Waals surface area contributed by atoms with Crippen LogP contribution in [-0.4, -0.2) is 63.6 Å². The van der Waals surface area contributed by atoms with Gasteiger partial charge in [-0.3, -0.25) is 0 Å². The maximum absolute atomic E-state index is 5.58. The Balaban J connectivity index is 1.65. The maximum atomic E-state index is 5.58. The number of pyridine rings is 1. The van der Waals surface area contributed by atoms with Crippen molar-refractivity contribution in [2.75, 3.05) is 57.5 Å². The lowest BCUT2D eigenvalue weighted by molar-refractivity contribution is 0.0487. The van der Waals surface area contributed by atoms with Crippen molar-refractivity contribution in [1.29, 1.82) is 0 Å². The van der Waals surface area contributed by atoms with Gasteiger partial charge in [0.1, 0.15) is 5.82 Å². The minimum atomic E-state index is 0.606. The third-order valence-electron chi connectivity index (χ3n) is 4.56. The Bertz CT molecular complexity index is 544. The quantitative estimate of drug-likeness (QED) is 0.306. The zero-order chi connectivity index (χ0) is 19.9. The fourth-order valence-corrected chi connectivity index (χ4v) is 2.97. The van der Waals surface area contributed by atoms with Crippen LogP contribution in [0.25, 0.3) is 0 Å². The molecule has 0 saturated carbocycles. The molecule has 2 N–H and O–H groups in total. The average molecular weight is 392 g/mol. The summed E-state index contributed by atoms with van der Waals surface area (Å²) in [5, 5.41) is 6.57. The van der Waals surface area contributed by atoms with Gasteiger partial charge >= 0.3 is 0 Å². The van der Waals surface area contributed by atoms with Crippen molar-refractivity contribution in [3.8, 4) is 0 Å². The summed E-state index contributed by atoms with van der Waals surface area (Å²) in [5.74, 6) is 1.87. The van der Waals surface area contributed by atoms with Gasteiger partial charge in [0.15, 0.2) is 5.96 Å². The second-order valence-corrected chi connectivity index (χ2v) is 6.92. The summed E-state index contributed by atoms with van der Waals surface area (Å²) in [6.07, 6.45) is 6.74. The topological polar surface area (TPSA) is 71.0 Å². The highest BCUT2D eigenvalue weighted by atomic mass is 16.5. The molecule has 1 aromatic heterocycles. The van der Waals surface area contributed by atoms with E-state index in [-0.39, 0.29) is 0 Å². The van der Waals surface area contributed by atoms with Crippen molar-refractivity contribution in [2.24, 2.45) is 4.99 Å². The van der Waals surface area contributed by atoms with E-state index in [1.165, 1.54) is 12.8 Å². The van der Waals surface area contributed by atoms with Gasteiger partial charge in [-0.2, -0.15) is 0 Å². The maximum Gasteiger partial charge on any atom is 0.191 e. The zero-order valence-corrected chi connectivity index (χ0v) is 17.6. The van der Waals surface area contributed by atoms with Crippen LogP contribution >= 0.6 is 0 Å². The van der Waals surface area contributed by atoms with Gasteiger partial charge in [-0.15, -0.1) is 0 Å². The van der Waals surface area contributed by atoms with E-state index in [0.717, 1.165) is 56.4 Å². The summed E-state index contributed by atoms with van der Waals surface area (Å²) in [7, 11) is 0. The van der Waals surface area contributed by atoms with Crippen LogP contribution < -0.4 is 15.5 Å². The molecule has 0 unspecified atom stereocenters. The van der Waals surface area contributed by atoms with Crippen LogP contribution in [0.4, 0.5) is 5.82 Å². The standard InChI is InChI=1S/C21H37N5O2/c1-3-5-13-27-15-16-28-14-10-23-21(22-4-2)25-18-19-8-9-20(24-17-19)26-11-6-7-12-26/h8-9,17H,3-7,10-16,18H2,1-2H3,(H2,22,23,25). The molecule has 0 bridgehead atoms. The monoisotopic (exact) mass is 391 g/mol. The summed E-state index contributed by atoms with van der Waals surface area (Å²) >= 11 is 0. The Morgan fingerprint density at radius 3 is 2.54 bits per heavy atom. The van der Waals surface area contributed by atoms with E-state index in [4.69, 9.17) is 9.47 Å². The van der Waals surface area contributed by atoms with Gasteiger partial charge in [-0.05, 0) is 37.8 Å². The normalized spacial score (nSPS) is 14.5. The second-order valence-electron chi connectivity index (χ2n) is 6.92. The number of aromatic nitrogens is 1. The van der Waals surface area contributed by atoms with Crippen molar-refractivity contribution in [3.05, 3.63) is 23.9 Å². The predicted molar refractivity (Wildman–Crippen MR) is 115 cm³/mol. The highest BCUT2D eigenvalue weighted by molar-refractivity contribution is 5.79. The van der Waals surface area contributed by atoms with E-state index >= 15 is 0 Å². The van der Waals surface area contributed by atoms with Crippen LogP contribution in [0.1, 0.15) is 45.1 Å². The average Bonchev–Trinajstić information content (AvgIpc) is 3.26. The number of nitrogens with zero attached hydrogens (tertiary/aromatic N) is 3. The first-order valence-electron chi connectivity index (χ1n) is 10.7. The van der Waals surface area contributed by atoms with Crippen LogP contribution in [0.5, 0.6) is 0 Å². The molecule has 2 heterocycles. The molecule has 2 rings (SSSR count). The Hall–Kier alpha value is -1.86. The molecule has 0 spiro atoms. The first-order valence-corrected chi connectivity index (χ1v) is 10.7. The molecule has 1 fully saturated rings. The van der Waals surface area contributed by atoms with E-state index in [2.05, 4.69) is 51.5 Å². The van der Waals surface area contributed by atoms with Crippen molar-refractivity contribution in [1.82, 2.24) is 15.6 Å². The number of rotatable bonds is 13. The van der Waals surface area contributed by atoms with Gasteiger partial charge < -0.3 is 25.0 Å². The van der Waals surface area contributed by atoms with Gasteiger partial charge in [0.25, 0.3) is 0 Å². The van der Waals surface area contributed by atoms with Crippen molar-refractivity contribution in [3.63, 3.8) is 0 Å². The van der Waals surface area contributed by atoms with Gasteiger partial charge in [-0.1, -0.05) is 19.4 Å². The molecular weight excluding hydrogens is 354 g/mol. The molecule has 0 atom stereocenters. The highest BCUT2D eigenvalue weighted by Crippen LogP contribution is 2.17. The Morgan fingerprint density at radius 1 is 1.07 bits per heavy atom. The van der Waals surface area contributed by atoms with Crippen LogP contribution in [0.3, 0.4) is 0 Å². The van der Waals surface area contributed by atoms with Gasteiger partial charge in [0.05, 0.1) is 26.4 Å². The van der Waals surface area contributed by atoms with E-state index in [1.807, 2.05) is 6.20 Å². The zero-order valence-electron chi connectivity index (χ0n) is 17.6. The Labute approximate surface area is 169 Å². The fourth-order valence-electron chi connectivity index (χ4n) is 2.97. The predicted octanol–water partition coefficient (Wildman–Crippen LogP) is 2.57. The molecule has 1 aliphatic rings. The number of anilines is 1. The lowest BCUT2D eigenvalue weighted by Gasteiger charge is -2.16. The summed E-state index contributed by atoms with van der Waals surface area (Å²) in [4.78, 5) is 11.6. The molecule has 0 aromatic carbocycles. The van der Waals surface area contributed by atoms with Gasteiger partial charge in [0, 0.05) is 39.0 Å². The van der Waals surface area contributed by atoms with E-state index in [9.17, 15) is 0 Å². The summed E-state index contributed by atoms with van der Waals surface area (Å²) in [5.41, 5.74) is 1.11. The first-order chi connectivity index (χ1) is 13.8. The molecule has 0 aliphatic carbocycles. The largest absolute Gasteiger partial charge is 0.379 e. The number of hydrogen-bond acceptors (Lipinski definition) is 5. The number of hydrogen-bond donors (Lipinski definition) is 2. The number of ether oxygens (including phenoxy) is 2. The minimum absolute atomic E-state index is 0.606. The van der Waals surface area contributed by atoms with Crippen LogP contribution in [-0.2, 0) is 16.0 Å². The van der Waals surface area contributed by atoms with Crippen molar-refractivity contribution < 1.29 is 9.47 Å². The second kappa shape index (κ2) is 14.2. The number of aliphatic imine (C=N–C) groups is 1. The summed E-state index contributed by atoms with van der Waals surface area (Å²) in [6.45, 7) is 11.4. The molecule has 28 heavy (non-hydrogen) atoms. The van der Waals surface area contributed by atoms with Crippen LogP contribution in [0.2, 0.25) is 0 Å². The SMILES string of the molecule is CCCCOCCOCCNC(=NCc1ccc(N2CCCC2)nc1)NCC. The molecule has 0 radical (unpaired) electrons. The van der Waals surface area contributed by atoms with E-state index < -0.39 is 0 Å². The van der Waals surface area contributed by atoms with E-state index in [1.54, 1.807) is 0 Å². The smallest absolute Gasteiger partial charge is 0.191 e. The van der Waals surface area contributed by atoms with E-state index in [0.29, 0.717) is 32.9 Å². The summed E-state index contributed by atoms with van der Waals surface area (Å²) < 4.78 is 11.1. The molecule has 158 valence electrons.